The van der Waals surface area contributed by atoms with Gasteiger partial charge in [0.15, 0.2) is 14.5 Å². The summed E-state index contributed by atoms with van der Waals surface area (Å²) in [7, 11) is -1.87. The summed E-state index contributed by atoms with van der Waals surface area (Å²) in [5, 5.41) is 2.75. The molecule has 0 radical (unpaired) electrons. The third kappa shape index (κ3) is 4.07. The molecule has 1 fully saturated rings. The SMILES string of the molecule is CC(=O)OC1NC(=O)C1CCO[Si](C)(C)C(C)(C)C(C)C. The van der Waals surface area contributed by atoms with E-state index in [1.54, 1.807) is 0 Å². The van der Waals surface area contributed by atoms with Gasteiger partial charge in [0.2, 0.25) is 5.91 Å². The van der Waals surface area contributed by atoms with E-state index in [1.807, 2.05) is 0 Å². The second-order valence-electron chi connectivity index (χ2n) is 7.17. The van der Waals surface area contributed by atoms with Crippen LogP contribution in [-0.4, -0.2) is 33.0 Å². The number of ether oxygens (including phenoxy) is 1. The van der Waals surface area contributed by atoms with Gasteiger partial charge in [-0.1, -0.05) is 27.7 Å². The monoisotopic (exact) mass is 315 g/mol. The molecule has 0 aromatic heterocycles. The van der Waals surface area contributed by atoms with Gasteiger partial charge in [0.1, 0.15) is 0 Å². The molecule has 6 heteroatoms. The van der Waals surface area contributed by atoms with Gasteiger partial charge >= 0.3 is 5.97 Å². The normalized spacial score (nSPS) is 22.8. The molecule has 0 spiro atoms. The van der Waals surface area contributed by atoms with Crippen molar-refractivity contribution in [3.05, 3.63) is 0 Å². The Morgan fingerprint density at radius 2 is 1.95 bits per heavy atom. The second-order valence-corrected chi connectivity index (χ2v) is 11.8. The van der Waals surface area contributed by atoms with Crippen LogP contribution in [-0.2, 0) is 18.8 Å². The van der Waals surface area contributed by atoms with Gasteiger partial charge in [-0.05, 0) is 30.5 Å². The van der Waals surface area contributed by atoms with Crippen LogP contribution >= 0.6 is 0 Å². The van der Waals surface area contributed by atoms with Crippen LogP contribution < -0.4 is 5.32 Å². The van der Waals surface area contributed by atoms with Gasteiger partial charge in [-0.2, -0.15) is 0 Å². The molecule has 0 aromatic carbocycles. The van der Waals surface area contributed by atoms with Crippen LogP contribution in [0.1, 0.15) is 41.0 Å². The third-order valence-electron chi connectivity index (χ3n) is 5.17. The van der Waals surface area contributed by atoms with Crippen molar-refractivity contribution in [2.24, 2.45) is 11.8 Å². The van der Waals surface area contributed by atoms with E-state index in [-0.39, 0.29) is 22.8 Å². The van der Waals surface area contributed by atoms with Crippen molar-refractivity contribution in [2.75, 3.05) is 6.61 Å². The number of nitrogens with one attached hydrogen (secondary N) is 1. The highest BCUT2D eigenvalue weighted by molar-refractivity contribution is 6.74. The molecule has 1 heterocycles. The third-order valence-corrected chi connectivity index (χ3v) is 9.77. The number of hydrogen-bond acceptors (Lipinski definition) is 4. The maximum Gasteiger partial charge on any atom is 0.304 e. The number of esters is 1. The van der Waals surface area contributed by atoms with Gasteiger partial charge in [-0.3, -0.25) is 9.59 Å². The van der Waals surface area contributed by atoms with Crippen molar-refractivity contribution in [1.29, 1.82) is 0 Å². The molecule has 1 amide bonds. The zero-order chi connectivity index (χ0) is 16.4. The number of rotatable bonds is 7. The molecule has 0 aliphatic carbocycles. The van der Waals surface area contributed by atoms with Gasteiger partial charge in [0.25, 0.3) is 0 Å². The second kappa shape index (κ2) is 6.48. The van der Waals surface area contributed by atoms with Crippen LogP contribution in [0.25, 0.3) is 0 Å². The quantitative estimate of drug-likeness (QED) is 0.446. The number of β-lactam (4-membered cyclic amide) rings is 1. The highest BCUT2D eigenvalue weighted by Gasteiger charge is 2.45. The minimum absolute atomic E-state index is 0.0626. The van der Waals surface area contributed by atoms with Crippen LogP contribution in [0, 0.1) is 11.8 Å². The first-order valence-electron chi connectivity index (χ1n) is 7.60. The van der Waals surface area contributed by atoms with Gasteiger partial charge in [-0.15, -0.1) is 0 Å². The molecule has 1 aliphatic heterocycles. The lowest BCUT2D eigenvalue weighted by atomic mass is 9.96. The lowest BCUT2D eigenvalue weighted by molar-refractivity contribution is -0.168. The minimum atomic E-state index is -1.87. The molecule has 21 heavy (non-hydrogen) atoms. The molecule has 1 N–H and O–H groups in total. The standard InChI is InChI=1S/C15H29NO4Si/c1-10(2)15(4,5)21(6,7)19-9-8-12-13(18)16-14(12)20-11(3)17/h10,12,14H,8-9H2,1-7H3,(H,16,18). The molecule has 1 aliphatic rings. The lowest BCUT2D eigenvalue weighted by Gasteiger charge is -2.43. The lowest BCUT2D eigenvalue weighted by Crippen LogP contribution is -2.60. The number of carbonyl (C=O) groups excluding carboxylic acids is 2. The van der Waals surface area contributed by atoms with Crippen LogP contribution in [0.15, 0.2) is 0 Å². The Morgan fingerprint density at radius 1 is 1.38 bits per heavy atom. The largest absolute Gasteiger partial charge is 0.441 e. The van der Waals surface area contributed by atoms with E-state index in [2.05, 4.69) is 46.1 Å². The Morgan fingerprint density at radius 3 is 2.38 bits per heavy atom. The van der Waals surface area contributed by atoms with Crippen molar-refractivity contribution in [2.45, 2.75) is 65.4 Å². The van der Waals surface area contributed by atoms with Crippen molar-refractivity contribution < 1.29 is 18.8 Å². The molecule has 2 unspecified atom stereocenters. The van der Waals surface area contributed by atoms with Crippen molar-refractivity contribution in [1.82, 2.24) is 5.32 Å². The minimum Gasteiger partial charge on any atom is -0.441 e. The smallest absolute Gasteiger partial charge is 0.304 e. The van der Waals surface area contributed by atoms with Crippen LogP contribution in [0.4, 0.5) is 0 Å². The Labute approximate surface area is 128 Å². The summed E-state index contributed by atoms with van der Waals surface area (Å²) in [5.74, 6) is -0.171. The highest BCUT2D eigenvalue weighted by atomic mass is 28.4. The first-order chi connectivity index (χ1) is 9.49. The van der Waals surface area contributed by atoms with E-state index in [0.717, 1.165) is 0 Å². The molecular weight excluding hydrogens is 286 g/mol. The Bertz CT molecular complexity index is 406. The van der Waals surface area contributed by atoms with E-state index < -0.39 is 14.5 Å². The fourth-order valence-corrected chi connectivity index (χ4v) is 4.67. The van der Waals surface area contributed by atoms with Crippen molar-refractivity contribution in [3.63, 3.8) is 0 Å². The maximum atomic E-state index is 11.5. The van der Waals surface area contributed by atoms with E-state index in [4.69, 9.17) is 9.16 Å². The van der Waals surface area contributed by atoms with E-state index in [1.165, 1.54) is 6.92 Å². The molecule has 5 nitrogen and oxygen atoms in total. The topological polar surface area (TPSA) is 64.6 Å². The Balaban J connectivity index is 2.49. The molecule has 0 aromatic rings. The first-order valence-corrected chi connectivity index (χ1v) is 10.5. The number of hydrogen-bond donors (Lipinski definition) is 1. The summed E-state index contributed by atoms with van der Waals surface area (Å²) >= 11 is 0. The zero-order valence-electron chi connectivity index (χ0n) is 14.3. The summed E-state index contributed by atoms with van der Waals surface area (Å²) in [4.78, 5) is 22.5. The van der Waals surface area contributed by atoms with Gasteiger partial charge in [-0.25, -0.2) is 0 Å². The van der Waals surface area contributed by atoms with Gasteiger partial charge < -0.3 is 14.5 Å². The van der Waals surface area contributed by atoms with E-state index in [0.29, 0.717) is 18.9 Å². The van der Waals surface area contributed by atoms with Crippen molar-refractivity contribution >= 4 is 20.2 Å². The van der Waals surface area contributed by atoms with E-state index >= 15 is 0 Å². The summed E-state index contributed by atoms with van der Waals surface area (Å²) < 4.78 is 11.2. The predicted molar refractivity (Wildman–Crippen MR) is 84.1 cm³/mol. The summed E-state index contributed by atoms with van der Waals surface area (Å²) in [6.07, 6.45) is 0.107. The average molecular weight is 315 g/mol. The Kier molecular flexibility index (Phi) is 5.61. The van der Waals surface area contributed by atoms with Crippen LogP contribution in [0.2, 0.25) is 18.1 Å². The molecule has 1 rings (SSSR count). The molecular formula is C15H29NO4Si. The average Bonchev–Trinajstić information content (AvgIpc) is 2.33. The van der Waals surface area contributed by atoms with Crippen molar-refractivity contribution in [3.8, 4) is 0 Å². The Hall–Kier alpha value is -0.883. The fraction of sp³-hybridized carbons (Fsp3) is 0.867. The fourth-order valence-electron chi connectivity index (χ4n) is 2.28. The van der Waals surface area contributed by atoms with Gasteiger partial charge in [0, 0.05) is 13.5 Å². The predicted octanol–water partition coefficient (Wildman–Crippen LogP) is 2.67. The summed E-state index contributed by atoms with van der Waals surface area (Å²) in [5.41, 5.74) is 0. The maximum absolute atomic E-state index is 11.5. The van der Waals surface area contributed by atoms with Crippen LogP contribution in [0.3, 0.4) is 0 Å². The molecule has 122 valence electrons. The molecule has 0 saturated carbocycles. The van der Waals surface area contributed by atoms with Crippen LogP contribution in [0.5, 0.6) is 0 Å². The number of carbonyl (C=O) groups is 2. The molecule has 2 atom stereocenters. The molecule has 1 saturated heterocycles. The first kappa shape index (κ1) is 18.2. The van der Waals surface area contributed by atoms with Gasteiger partial charge in [0.05, 0.1) is 5.92 Å². The molecule has 0 bridgehead atoms. The summed E-state index contributed by atoms with van der Waals surface area (Å²) in [6, 6.07) is 0. The zero-order valence-corrected chi connectivity index (χ0v) is 15.3. The van der Waals surface area contributed by atoms with E-state index in [9.17, 15) is 9.59 Å². The number of amides is 1. The summed E-state index contributed by atoms with van der Waals surface area (Å²) in [6.45, 7) is 15.3. The highest BCUT2D eigenvalue weighted by Crippen LogP contribution is 2.44.